The molecule has 1 unspecified atom stereocenters. The second-order valence-electron chi connectivity index (χ2n) is 6.54. The Morgan fingerprint density at radius 2 is 2.04 bits per heavy atom. The highest BCUT2D eigenvalue weighted by Gasteiger charge is 2.51. The van der Waals surface area contributed by atoms with Gasteiger partial charge in [0.15, 0.2) is 10.9 Å². The summed E-state index contributed by atoms with van der Waals surface area (Å²) in [7, 11) is -3.96. The first-order valence-corrected chi connectivity index (χ1v) is 10.8. The number of benzene rings is 1. The number of nitrogens with zero attached hydrogens (tertiary/aromatic N) is 2. The number of hydrogen-bond donors (Lipinski definition) is 2. The van der Waals surface area contributed by atoms with Crippen LogP contribution in [0.5, 0.6) is 0 Å². The summed E-state index contributed by atoms with van der Waals surface area (Å²) in [5.41, 5.74) is -0.805. The molecule has 0 amide bonds. The molecule has 0 spiro atoms. The van der Waals surface area contributed by atoms with Gasteiger partial charge in [-0.1, -0.05) is 29.4 Å². The third-order valence-corrected chi connectivity index (χ3v) is 6.96. The number of thioether (sulfide) groups is 1. The van der Waals surface area contributed by atoms with E-state index in [1.54, 1.807) is 6.07 Å². The second-order valence-corrected chi connectivity index (χ2v) is 9.42. The average molecular weight is 388 g/mol. The van der Waals surface area contributed by atoms with Crippen LogP contribution in [0.1, 0.15) is 31.2 Å². The molecule has 3 aliphatic rings. The number of halogens is 1. The molecule has 3 fully saturated rings. The third-order valence-electron chi connectivity index (χ3n) is 4.46. The summed E-state index contributed by atoms with van der Waals surface area (Å²) < 4.78 is 23.5. The molecule has 1 aliphatic heterocycles. The van der Waals surface area contributed by atoms with E-state index >= 15 is 0 Å². The third kappa shape index (κ3) is 2.94. The van der Waals surface area contributed by atoms with Gasteiger partial charge in [0.25, 0.3) is 0 Å². The maximum Gasteiger partial charge on any atom is 0.239 e. The van der Waals surface area contributed by atoms with Gasteiger partial charge in [0.1, 0.15) is 4.90 Å². The Morgan fingerprint density at radius 1 is 1.33 bits per heavy atom. The van der Waals surface area contributed by atoms with Gasteiger partial charge in [0.2, 0.25) is 10.0 Å². The summed E-state index contributed by atoms with van der Waals surface area (Å²) in [5, 5.41) is 17.5. The number of hydrogen-bond acceptors (Lipinski definition) is 5. The van der Waals surface area contributed by atoms with Crippen LogP contribution in [0.2, 0.25) is 5.02 Å². The van der Waals surface area contributed by atoms with Crippen LogP contribution in [-0.2, 0) is 15.7 Å². The van der Waals surface area contributed by atoms with E-state index in [2.05, 4.69) is 0 Å². The predicted molar refractivity (Wildman–Crippen MR) is 94.5 cm³/mol. The van der Waals surface area contributed by atoms with Crippen molar-refractivity contribution in [2.24, 2.45) is 10.1 Å². The van der Waals surface area contributed by atoms with Crippen molar-refractivity contribution in [3.63, 3.8) is 0 Å². The van der Waals surface area contributed by atoms with Crippen molar-refractivity contribution in [3.05, 3.63) is 28.8 Å². The molecule has 6 nitrogen and oxygen atoms in total. The lowest BCUT2D eigenvalue weighted by Gasteiger charge is -2.35. The minimum absolute atomic E-state index is 0.0559. The topological polar surface area (TPSA) is 96.0 Å². The zero-order valence-electron chi connectivity index (χ0n) is 12.9. The van der Waals surface area contributed by atoms with Crippen LogP contribution in [0, 0.1) is 0 Å². The highest BCUT2D eigenvalue weighted by molar-refractivity contribution is 8.14. The summed E-state index contributed by atoms with van der Waals surface area (Å²) >= 11 is 7.49. The highest BCUT2D eigenvalue weighted by Crippen LogP contribution is 2.47. The van der Waals surface area contributed by atoms with E-state index in [0.717, 1.165) is 30.9 Å². The molecule has 0 bridgehead atoms. The summed E-state index contributed by atoms with van der Waals surface area (Å²) in [6.45, 7) is 0. The van der Waals surface area contributed by atoms with Gasteiger partial charge in [-0.15, -0.1) is 0 Å². The fraction of sp³-hybridized carbons (Fsp3) is 0.533. The predicted octanol–water partition coefficient (Wildman–Crippen LogP) is 1.86. The quantitative estimate of drug-likeness (QED) is 0.822. The minimum Gasteiger partial charge on any atom is -0.366 e. The number of amidine groups is 1. The summed E-state index contributed by atoms with van der Waals surface area (Å²) in [4.78, 5) is 6.50. The van der Waals surface area contributed by atoms with E-state index in [1.807, 2.05) is 4.90 Å². The van der Waals surface area contributed by atoms with Gasteiger partial charge in [-0.05, 0) is 37.8 Å². The summed E-state index contributed by atoms with van der Waals surface area (Å²) in [6.07, 6.45) is 4.19. The zero-order valence-corrected chi connectivity index (χ0v) is 15.2. The number of rotatable bonds is 4. The first-order chi connectivity index (χ1) is 11.3. The van der Waals surface area contributed by atoms with Crippen LogP contribution < -0.4 is 5.14 Å². The molecular weight excluding hydrogens is 370 g/mol. The number of nitrogens with two attached hydrogens (primary N) is 1. The van der Waals surface area contributed by atoms with Crippen LogP contribution in [0.25, 0.3) is 0 Å². The van der Waals surface area contributed by atoms with Crippen LogP contribution in [0.15, 0.2) is 28.1 Å². The SMILES string of the molecule is NS(=O)(=O)c1cc(C2(O)CSC(=NC3CC3)N2C2CC2)ccc1Cl. The van der Waals surface area contributed by atoms with Gasteiger partial charge in [-0.2, -0.15) is 0 Å². The Balaban J connectivity index is 1.77. The number of aliphatic imine (C=N–C) groups is 1. The Morgan fingerprint density at radius 3 is 2.62 bits per heavy atom. The number of aliphatic hydroxyl groups is 1. The van der Waals surface area contributed by atoms with Crippen molar-refractivity contribution in [2.45, 2.75) is 48.4 Å². The van der Waals surface area contributed by atoms with Crippen molar-refractivity contribution >= 4 is 38.6 Å². The fourth-order valence-electron chi connectivity index (χ4n) is 2.91. The second kappa shape index (κ2) is 5.60. The largest absolute Gasteiger partial charge is 0.366 e. The van der Waals surface area contributed by atoms with Gasteiger partial charge in [0.05, 0.1) is 16.8 Å². The summed E-state index contributed by atoms with van der Waals surface area (Å²) in [6, 6.07) is 5.12. The molecule has 1 saturated heterocycles. The van der Waals surface area contributed by atoms with Crippen LogP contribution in [0.4, 0.5) is 0 Å². The minimum atomic E-state index is -3.96. The van der Waals surface area contributed by atoms with Crippen LogP contribution in [0.3, 0.4) is 0 Å². The van der Waals surface area contributed by atoms with Crippen molar-refractivity contribution in [1.29, 1.82) is 0 Å². The van der Waals surface area contributed by atoms with Crippen molar-refractivity contribution in [1.82, 2.24) is 4.90 Å². The van der Waals surface area contributed by atoms with Crippen LogP contribution >= 0.6 is 23.4 Å². The molecule has 3 N–H and O–H groups in total. The molecule has 1 aromatic carbocycles. The molecule has 1 heterocycles. The standard InChI is InChI=1S/C15H18ClN3O3S2/c16-12-6-1-9(7-13(12)24(17,21)22)15(20)8-23-14(18-10-2-3-10)19(15)11-4-5-11/h1,6-7,10-11,20H,2-5,8H2,(H2,17,21,22). The van der Waals surface area contributed by atoms with Gasteiger partial charge in [-0.25, -0.2) is 13.6 Å². The monoisotopic (exact) mass is 387 g/mol. The Labute approximate surface area is 150 Å². The van der Waals surface area contributed by atoms with Crippen molar-refractivity contribution in [2.75, 3.05) is 5.75 Å². The molecule has 9 heteroatoms. The maximum atomic E-state index is 11.7. The fourth-order valence-corrected chi connectivity index (χ4v) is 5.28. The van der Waals surface area contributed by atoms with Crippen LogP contribution in [-0.4, -0.2) is 41.4 Å². The van der Waals surface area contributed by atoms with Gasteiger partial charge < -0.3 is 10.0 Å². The molecule has 4 rings (SSSR count). The molecule has 0 aromatic heterocycles. The lowest BCUT2D eigenvalue weighted by Crippen LogP contribution is -2.46. The average Bonchev–Trinajstić information content (AvgIpc) is 3.40. The van der Waals surface area contributed by atoms with Gasteiger partial charge in [0, 0.05) is 11.6 Å². The lowest BCUT2D eigenvalue weighted by molar-refractivity contribution is -0.0523. The normalized spacial score (nSPS) is 29.5. The molecule has 1 atom stereocenters. The maximum absolute atomic E-state index is 11.7. The highest BCUT2D eigenvalue weighted by atomic mass is 35.5. The van der Waals surface area contributed by atoms with E-state index < -0.39 is 15.7 Å². The molecular formula is C15H18ClN3O3S2. The van der Waals surface area contributed by atoms with E-state index in [4.69, 9.17) is 21.7 Å². The van der Waals surface area contributed by atoms with E-state index in [1.165, 1.54) is 23.9 Å². The smallest absolute Gasteiger partial charge is 0.239 e. The van der Waals surface area contributed by atoms with Crippen molar-refractivity contribution in [3.8, 4) is 0 Å². The molecule has 130 valence electrons. The van der Waals surface area contributed by atoms with E-state index in [-0.39, 0.29) is 16.0 Å². The Kier molecular flexibility index (Phi) is 3.89. The first-order valence-electron chi connectivity index (χ1n) is 7.84. The first kappa shape index (κ1) is 16.7. The van der Waals surface area contributed by atoms with E-state index in [0.29, 0.717) is 17.4 Å². The lowest BCUT2D eigenvalue weighted by atomic mass is 10.0. The molecule has 2 aliphatic carbocycles. The molecule has 2 saturated carbocycles. The van der Waals surface area contributed by atoms with E-state index in [9.17, 15) is 13.5 Å². The Bertz CT molecular complexity index is 821. The molecule has 1 aromatic rings. The number of sulfonamides is 1. The number of primary sulfonamides is 1. The summed E-state index contributed by atoms with van der Waals surface area (Å²) in [5.74, 6) is 0.404. The zero-order chi connectivity index (χ0) is 17.1. The Hall–Kier alpha value is -0.800. The van der Waals surface area contributed by atoms with Crippen molar-refractivity contribution < 1.29 is 13.5 Å². The van der Waals surface area contributed by atoms with Gasteiger partial charge in [-0.3, -0.25) is 4.99 Å². The van der Waals surface area contributed by atoms with Gasteiger partial charge >= 0.3 is 0 Å². The molecule has 0 radical (unpaired) electrons. The molecule has 24 heavy (non-hydrogen) atoms.